The number of alkyl halides is 3. The predicted molar refractivity (Wildman–Crippen MR) is 104 cm³/mol. The van der Waals surface area contributed by atoms with Crippen LogP contribution in [0.5, 0.6) is 0 Å². The zero-order valence-electron chi connectivity index (χ0n) is 16.7. The normalized spacial score (nSPS) is 20.3. The number of nitrogens with one attached hydrogen (secondary N) is 2. The predicted octanol–water partition coefficient (Wildman–Crippen LogP) is 1.12. The lowest BCUT2D eigenvalue weighted by Crippen LogP contribution is -2.45. The van der Waals surface area contributed by atoms with Crippen molar-refractivity contribution >= 4 is 21.9 Å². The average molecular weight is 442 g/mol. The fourth-order valence-corrected chi connectivity index (χ4v) is 4.44. The van der Waals surface area contributed by atoms with Gasteiger partial charge in [0.05, 0.1) is 0 Å². The van der Waals surface area contributed by atoms with Crippen LogP contribution in [0, 0.1) is 5.92 Å². The lowest BCUT2D eigenvalue weighted by molar-refractivity contribution is -0.127. The molecule has 0 aromatic rings. The van der Waals surface area contributed by atoms with E-state index in [2.05, 4.69) is 15.6 Å². The molecule has 0 spiro atoms. The van der Waals surface area contributed by atoms with Crippen LogP contribution in [-0.4, -0.2) is 80.8 Å². The van der Waals surface area contributed by atoms with Crippen molar-refractivity contribution in [2.24, 2.45) is 10.9 Å². The van der Waals surface area contributed by atoms with E-state index < -0.39 is 15.5 Å². The molecule has 0 atom stereocenters. The summed E-state index contributed by atoms with van der Waals surface area (Å²) in [7, 11) is -5.24. The highest BCUT2D eigenvalue weighted by Gasteiger charge is 2.50. The van der Waals surface area contributed by atoms with Gasteiger partial charge in [0.25, 0.3) is 0 Å². The molecule has 2 rings (SSSR count). The Bertz CT molecular complexity index is 676. The number of hydrogen-bond acceptors (Lipinski definition) is 4. The van der Waals surface area contributed by atoms with E-state index in [9.17, 15) is 26.4 Å². The van der Waals surface area contributed by atoms with E-state index in [4.69, 9.17) is 0 Å². The minimum Gasteiger partial charge on any atom is -0.357 e. The number of aliphatic imine (C=N–C) groups is 1. The van der Waals surface area contributed by atoms with Crippen LogP contribution < -0.4 is 10.6 Å². The number of guanidine groups is 1. The molecule has 1 amide bonds. The molecule has 0 aromatic carbocycles. The molecule has 8 nitrogen and oxygen atoms in total. The van der Waals surface area contributed by atoms with Crippen molar-refractivity contribution in [1.29, 1.82) is 0 Å². The zero-order valence-corrected chi connectivity index (χ0v) is 17.5. The Hall–Kier alpha value is -1.56. The number of carbonyl (C=O) groups excluding carboxylic acids is 1. The second-order valence-electron chi connectivity index (χ2n) is 7.28. The molecule has 0 saturated carbocycles. The molecule has 2 aliphatic heterocycles. The molecule has 0 aliphatic carbocycles. The number of nitrogens with zero attached hydrogens (tertiary/aromatic N) is 3. The van der Waals surface area contributed by atoms with Gasteiger partial charge in [-0.3, -0.25) is 9.79 Å². The third-order valence-electron chi connectivity index (χ3n) is 5.13. The number of carbonyl (C=O) groups is 1. The van der Waals surface area contributed by atoms with Gasteiger partial charge >= 0.3 is 15.5 Å². The fourth-order valence-electron chi connectivity index (χ4n) is 3.46. The van der Waals surface area contributed by atoms with Crippen LogP contribution in [0.3, 0.4) is 0 Å². The number of amides is 1. The highest BCUT2D eigenvalue weighted by molar-refractivity contribution is 7.90. The fraction of sp³-hybridized carbons (Fsp3) is 0.882. The summed E-state index contributed by atoms with van der Waals surface area (Å²) in [4.78, 5) is 17.9. The maximum Gasteiger partial charge on any atom is 0.511 e. The van der Waals surface area contributed by atoms with E-state index in [0.717, 1.165) is 19.4 Å². The highest BCUT2D eigenvalue weighted by atomic mass is 32.2. The third kappa shape index (κ3) is 6.73. The summed E-state index contributed by atoms with van der Waals surface area (Å²) in [5.41, 5.74) is -5.25. The van der Waals surface area contributed by atoms with Crippen LogP contribution in [0.2, 0.25) is 0 Å². The van der Waals surface area contributed by atoms with Crippen molar-refractivity contribution in [3.05, 3.63) is 0 Å². The summed E-state index contributed by atoms with van der Waals surface area (Å²) in [5.74, 6) is 0.849. The van der Waals surface area contributed by atoms with Gasteiger partial charge in [-0.2, -0.15) is 17.5 Å². The Morgan fingerprint density at radius 3 is 2.45 bits per heavy atom. The minimum absolute atomic E-state index is 0.0346. The smallest absolute Gasteiger partial charge is 0.357 e. The molecule has 12 heteroatoms. The number of sulfonamides is 1. The van der Waals surface area contributed by atoms with Crippen molar-refractivity contribution in [3.8, 4) is 0 Å². The van der Waals surface area contributed by atoms with Crippen LogP contribution in [-0.2, 0) is 14.8 Å². The Balaban J connectivity index is 1.75. The second-order valence-corrected chi connectivity index (χ2v) is 9.21. The van der Waals surface area contributed by atoms with Crippen LogP contribution in [0.1, 0.15) is 39.0 Å². The first-order valence-electron chi connectivity index (χ1n) is 10.0. The van der Waals surface area contributed by atoms with Gasteiger partial charge in [-0.1, -0.05) is 0 Å². The van der Waals surface area contributed by atoms with Crippen molar-refractivity contribution in [2.45, 2.75) is 44.5 Å². The van der Waals surface area contributed by atoms with Crippen LogP contribution in [0.4, 0.5) is 13.2 Å². The molecule has 29 heavy (non-hydrogen) atoms. The van der Waals surface area contributed by atoms with E-state index in [1.807, 2.05) is 11.8 Å². The molecular formula is C17H30F3N5O3S. The molecule has 0 aromatic heterocycles. The summed E-state index contributed by atoms with van der Waals surface area (Å²) in [6.07, 6.45) is 3.02. The molecule has 2 heterocycles. The van der Waals surface area contributed by atoms with Crippen molar-refractivity contribution in [2.75, 3.05) is 45.8 Å². The number of hydrogen-bond donors (Lipinski definition) is 2. The standard InChI is InChI=1S/C17H30F3N5O3S/c1-2-21-16(22-8-4-10-24-9-3-5-15(24)26)23-13-14-6-11-25(12-7-14)29(27,28)17(18,19)20/h14H,2-13H2,1H3,(H2,21,22,23). The van der Waals surface area contributed by atoms with E-state index in [0.29, 0.717) is 55.7 Å². The number of likely N-dealkylation sites (tertiary alicyclic amines) is 1. The van der Waals surface area contributed by atoms with Crippen LogP contribution in [0.15, 0.2) is 4.99 Å². The molecule has 0 unspecified atom stereocenters. The Kier molecular flexibility index (Phi) is 8.56. The largest absolute Gasteiger partial charge is 0.511 e. The van der Waals surface area contributed by atoms with Crippen molar-refractivity contribution in [3.63, 3.8) is 0 Å². The first-order valence-corrected chi connectivity index (χ1v) is 11.5. The monoisotopic (exact) mass is 441 g/mol. The van der Waals surface area contributed by atoms with E-state index in [1.165, 1.54) is 0 Å². The minimum atomic E-state index is -5.25. The zero-order chi connectivity index (χ0) is 21.5. The Morgan fingerprint density at radius 1 is 1.21 bits per heavy atom. The first-order chi connectivity index (χ1) is 13.6. The van der Waals surface area contributed by atoms with Crippen LogP contribution in [0.25, 0.3) is 0 Å². The molecule has 2 N–H and O–H groups in total. The van der Waals surface area contributed by atoms with Crippen LogP contribution >= 0.6 is 0 Å². The van der Waals surface area contributed by atoms with Crippen molar-refractivity contribution in [1.82, 2.24) is 19.8 Å². The lowest BCUT2D eigenvalue weighted by Gasteiger charge is -2.30. The second kappa shape index (κ2) is 10.5. The number of rotatable bonds is 8. The van der Waals surface area contributed by atoms with Gasteiger partial charge < -0.3 is 15.5 Å². The molecule has 168 valence electrons. The highest BCUT2D eigenvalue weighted by Crippen LogP contribution is 2.30. The van der Waals surface area contributed by atoms with Gasteiger partial charge in [0, 0.05) is 52.2 Å². The quantitative estimate of drug-likeness (QED) is 0.334. The molecule has 0 bridgehead atoms. The van der Waals surface area contributed by atoms with Gasteiger partial charge in [-0.25, -0.2) is 8.42 Å². The lowest BCUT2D eigenvalue weighted by atomic mass is 9.98. The summed E-state index contributed by atoms with van der Waals surface area (Å²) < 4.78 is 61.3. The SMILES string of the molecule is CCNC(=NCC1CCN(S(=O)(=O)C(F)(F)F)CC1)NCCCN1CCCC1=O. The van der Waals surface area contributed by atoms with Gasteiger partial charge in [0.15, 0.2) is 5.96 Å². The summed E-state index contributed by atoms with van der Waals surface area (Å²) in [6, 6.07) is 0. The maximum absolute atomic E-state index is 12.6. The van der Waals surface area contributed by atoms with E-state index >= 15 is 0 Å². The van der Waals surface area contributed by atoms with E-state index in [-0.39, 0.29) is 24.9 Å². The number of halogens is 3. The molecule has 2 aliphatic rings. The van der Waals surface area contributed by atoms with Gasteiger partial charge in [-0.05, 0) is 38.5 Å². The molecular weight excluding hydrogens is 411 g/mol. The van der Waals surface area contributed by atoms with Gasteiger partial charge in [-0.15, -0.1) is 0 Å². The van der Waals surface area contributed by atoms with Gasteiger partial charge in [0.1, 0.15) is 0 Å². The topological polar surface area (TPSA) is 94.1 Å². The molecule has 2 fully saturated rings. The Labute approximate surface area is 170 Å². The van der Waals surface area contributed by atoms with Gasteiger partial charge in [0.2, 0.25) is 5.91 Å². The van der Waals surface area contributed by atoms with E-state index in [1.54, 1.807) is 0 Å². The Morgan fingerprint density at radius 2 is 1.90 bits per heavy atom. The first kappa shape index (κ1) is 23.7. The van der Waals surface area contributed by atoms with Crippen molar-refractivity contribution < 1.29 is 26.4 Å². The summed E-state index contributed by atoms with van der Waals surface area (Å²) in [6.45, 7) is 4.90. The third-order valence-corrected chi connectivity index (χ3v) is 6.76. The average Bonchev–Trinajstić information content (AvgIpc) is 3.07. The summed E-state index contributed by atoms with van der Waals surface area (Å²) in [5, 5.41) is 6.31. The summed E-state index contributed by atoms with van der Waals surface area (Å²) >= 11 is 0. The number of piperidine rings is 1. The maximum atomic E-state index is 12.6. The molecule has 2 saturated heterocycles. The molecule has 0 radical (unpaired) electrons.